The second-order valence-corrected chi connectivity index (χ2v) is 2.02. The Morgan fingerprint density at radius 1 is 1.70 bits per heavy atom. The summed E-state index contributed by atoms with van der Waals surface area (Å²) in [5, 5.41) is 3.01. The van der Waals surface area contributed by atoms with E-state index in [4.69, 9.17) is 4.42 Å². The van der Waals surface area contributed by atoms with Gasteiger partial charge in [-0.3, -0.25) is 0 Å². The number of hydrogen-bond donors (Lipinski definition) is 1. The van der Waals surface area contributed by atoms with Gasteiger partial charge in [-0.05, 0) is 13.1 Å². The predicted molar refractivity (Wildman–Crippen MR) is 41.7 cm³/mol. The van der Waals surface area contributed by atoms with E-state index in [2.05, 4.69) is 5.32 Å². The molecule has 0 unspecified atom stereocenters. The molecular weight excluding hydrogens is 126 g/mol. The first-order valence-corrected chi connectivity index (χ1v) is 3.27. The van der Waals surface area contributed by atoms with Crippen LogP contribution in [0.2, 0.25) is 0 Å². The van der Waals surface area contributed by atoms with Gasteiger partial charge in [-0.15, -0.1) is 0 Å². The number of hydrogen-bond acceptors (Lipinski definition) is 2. The molecule has 0 saturated heterocycles. The molecule has 1 aromatic rings. The maximum atomic E-state index is 4.87. The summed E-state index contributed by atoms with van der Waals surface area (Å²) < 4.78 is 4.87. The summed E-state index contributed by atoms with van der Waals surface area (Å²) in [7, 11) is 1.92. The van der Waals surface area contributed by atoms with E-state index in [1.165, 1.54) is 0 Å². The molecule has 10 heavy (non-hydrogen) atoms. The van der Waals surface area contributed by atoms with Crippen LogP contribution in [-0.4, -0.2) is 13.6 Å². The highest BCUT2D eigenvalue weighted by Gasteiger charge is 1.83. The molecule has 1 aromatic heterocycles. The van der Waals surface area contributed by atoms with Crippen LogP contribution in [0.4, 0.5) is 0 Å². The van der Waals surface area contributed by atoms with Gasteiger partial charge in [0.2, 0.25) is 0 Å². The Bertz CT molecular complexity index is 189. The third-order valence-corrected chi connectivity index (χ3v) is 1.18. The van der Waals surface area contributed by atoms with Crippen LogP contribution in [0.25, 0.3) is 6.08 Å². The SMILES string of the molecule is CNCC=Cc1ccoc1. The van der Waals surface area contributed by atoms with Gasteiger partial charge in [-0.1, -0.05) is 12.2 Å². The molecule has 0 bridgehead atoms. The summed E-state index contributed by atoms with van der Waals surface area (Å²) in [4.78, 5) is 0. The molecule has 1 heterocycles. The lowest BCUT2D eigenvalue weighted by atomic mass is 10.3. The molecule has 2 nitrogen and oxygen atoms in total. The summed E-state index contributed by atoms with van der Waals surface area (Å²) in [5.74, 6) is 0. The van der Waals surface area contributed by atoms with E-state index in [0.29, 0.717) is 0 Å². The molecule has 0 aromatic carbocycles. The molecule has 1 rings (SSSR count). The normalized spacial score (nSPS) is 10.9. The molecule has 2 heteroatoms. The Balaban J connectivity index is 2.40. The Morgan fingerprint density at radius 2 is 2.60 bits per heavy atom. The standard InChI is InChI=1S/C8H11NO/c1-9-5-2-3-8-4-6-10-7-8/h2-4,6-7,9H,5H2,1H3. The fourth-order valence-electron chi connectivity index (χ4n) is 0.683. The zero-order valence-corrected chi connectivity index (χ0v) is 6.00. The van der Waals surface area contributed by atoms with E-state index >= 15 is 0 Å². The van der Waals surface area contributed by atoms with Gasteiger partial charge in [0, 0.05) is 12.1 Å². The molecule has 0 aliphatic heterocycles. The quantitative estimate of drug-likeness (QED) is 0.683. The van der Waals surface area contributed by atoms with Crippen molar-refractivity contribution in [2.75, 3.05) is 13.6 Å². The summed E-state index contributed by atoms with van der Waals surface area (Å²) in [5.41, 5.74) is 1.11. The molecule has 0 aliphatic rings. The molecule has 0 spiro atoms. The molecule has 0 amide bonds. The van der Waals surface area contributed by atoms with Gasteiger partial charge in [-0.25, -0.2) is 0 Å². The zero-order valence-electron chi connectivity index (χ0n) is 6.00. The molecular formula is C8H11NO. The Labute approximate surface area is 60.5 Å². The van der Waals surface area contributed by atoms with E-state index in [-0.39, 0.29) is 0 Å². The van der Waals surface area contributed by atoms with Crippen LogP contribution in [-0.2, 0) is 0 Å². The van der Waals surface area contributed by atoms with Crippen molar-refractivity contribution in [2.24, 2.45) is 0 Å². The molecule has 0 radical (unpaired) electrons. The van der Waals surface area contributed by atoms with E-state index in [9.17, 15) is 0 Å². The second kappa shape index (κ2) is 3.90. The number of furan rings is 1. The molecule has 54 valence electrons. The van der Waals surface area contributed by atoms with Crippen LogP contribution in [0, 0.1) is 0 Å². The van der Waals surface area contributed by atoms with Crippen LogP contribution < -0.4 is 5.32 Å². The lowest BCUT2D eigenvalue weighted by molar-refractivity contribution is 0.567. The van der Waals surface area contributed by atoms with Gasteiger partial charge < -0.3 is 9.73 Å². The van der Waals surface area contributed by atoms with Gasteiger partial charge in [0.15, 0.2) is 0 Å². The summed E-state index contributed by atoms with van der Waals surface area (Å²) in [6.45, 7) is 0.894. The van der Waals surface area contributed by atoms with Gasteiger partial charge in [0.05, 0.1) is 12.5 Å². The average molecular weight is 137 g/mol. The van der Waals surface area contributed by atoms with Gasteiger partial charge in [0.1, 0.15) is 0 Å². The van der Waals surface area contributed by atoms with Crippen molar-refractivity contribution in [3.63, 3.8) is 0 Å². The summed E-state index contributed by atoms with van der Waals surface area (Å²) in [6.07, 6.45) is 7.44. The zero-order chi connectivity index (χ0) is 7.23. The monoisotopic (exact) mass is 137 g/mol. The van der Waals surface area contributed by atoms with Crippen LogP contribution in [0.1, 0.15) is 5.56 Å². The van der Waals surface area contributed by atoms with Gasteiger partial charge >= 0.3 is 0 Å². The maximum absolute atomic E-state index is 4.87. The van der Waals surface area contributed by atoms with Crippen molar-refractivity contribution in [2.45, 2.75) is 0 Å². The number of rotatable bonds is 3. The number of nitrogens with one attached hydrogen (secondary N) is 1. The van der Waals surface area contributed by atoms with E-state index in [1.807, 2.05) is 25.3 Å². The van der Waals surface area contributed by atoms with E-state index in [1.54, 1.807) is 12.5 Å². The first-order valence-electron chi connectivity index (χ1n) is 3.27. The third-order valence-electron chi connectivity index (χ3n) is 1.18. The Morgan fingerprint density at radius 3 is 3.20 bits per heavy atom. The first kappa shape index (κ1) is 7.09. The van der Waals surface area contributed by atoms with Crippen LogP contribution in [0.5, 0.6) is 0 Å². The van der Waals surface area contributed by atoms with Crippen LogP contribution >= 0.6 is 0 Å². The Hall–Kier alpha value is -1.02. The molecule has 0 saturated carbocycles. The van der Waals surface area contributed by atoms with Crippen LogP contribution in [0.3, 0.4) is 0 Å². The lowest BCUT2D eigenvalue weighted by Crippen LogP contribution is -2.03. The van der Waals surface area contributed by atoms with E-state index in [0.717, 1.165) is 12.1 Å². The Kier molecular flexibility index (Phi) is 2.77. The first-order chi connectivity index (χ1) is 4.93. The van der Waals surface area contributed by atoms with Crippen molar-refractivity contribution >= 4 is 6.08 Å². The van der Waals surface area contributed by atoms with Crippen molar-refractivity contribution in [3.05, 3.63) is 30.2 Å². The topological polar surface area (TPSA) is 25.2 Å². The molecule has 1 N–H and O–H groups in total. The average Bonchev–Trinajstić information content (AvgIpc) is 2.41. The summed E-state index contributed by atoms with van der Waals surface area (Å²) in [6, 6.07) is 1.92. The largest absolute Gasteiger partial charge is 0.472 e. The lowest BCUT2D eigenvalue weighted by Gasteiger charge is -1.85. The minimum Gasteiger partial charge on any atom is -0.472 e. The minimum absolute atomic E-state index is 0.894. The molecule has 0 atom stereocenters. The highest BCUT2D eigenvalue weighted by atomic mass is 16.3. The smallest absolute Gasteiger partial charge is 0.0974 e. The minimum atomic E-state index is 0.894. The highest BCUT2D eigenvalue weighted by molar-refractivity contribution is 5.46. The summed E-state index contributed by atoms with van der Waals surface area (Å²) >= 11 is 0. The molecule has 0 fully saturated rings. The van der Waals surface area contributed by atoms with Crippen LogP contribution in [0.15, 0.2) is 29.1 Å². The highest BCUT2D eigenvalue weighted by Crippen LogP contribution is 2.00. The second-order valence-electron chi connectivity index (χ2n) is 2.02. The fourth-order valence-corrected chi connectivity index (χ4v) is 0.683. The maximum Gasteiger partial charge on any atom is 0.0974 e. The van der Waals surface area contributed by atoms with Crippen molar-refractivity contribution in [1.29, 1.82) is 0 Å². The molecule has 0 aliphatic carbocycles. The van der Waals surface area contributed by atoms with Crippen molar-refractivity contribution in [1.82, 2.24) is 5.32 Å². The van der Waals surface area contributed by atoms with Crippen molar-refractivity contribution in [3.8, 4) is 0 Å². The number of likely N-dealkylation sites (N-methyl/N-ethyl adjacent to an activating group) is 1. The van der Waals surface area contributed by atoms with E-state index < -0.39 is 0 Å². The van der Waals surface area contributed by atoms with Crippen molar-refractivity contribution < 1.29 is 4.42 Å². The fraction of sp³-hybridized carbons (Fsp3) is 0.250. The predicted octanol–water partition coefficient (Wildman–Crippen LogP) is 1.51. The van der Waals surface area contributed by atoms with Gasteiger partial charge in [0.25, 0.3) is 0 Å². The third kappa shape index (κ3) is 2.07. The van der Waals surface area contributed by atoms with Gasteiger partial charge in [-0.2, -0.15) is 0 Å².